The van der Waals surface area contributed by atoms with Gasteiger partial charge in [0.25, 0.3) is 0 Å². The largest absolute Gasteiger partial charge is 0.494 e. The van der Waals surface area contributed by atoms with Crippen molar-refractivity contribution in [2.24, 2.45) is 7.05 Å². The minimum Gasteiger partial charge on any atom is -0.494 e. The number of ether oxygens (including phenoxy) is 1. The van der Waals surface area contributed by atoms with E-state index < -0.39 is 0 Å². The average molecular weight is 527 g/mol. The summed E-state index contributed by atoms with van der Waals surface area (Å²) in [5.74, 6) is 0.716. The van der Waals surface area contributed by atoms with Crippen molar-refractivity contribution in [1.82, 2.24) is 24.4 Å². The van der Waals surface area contributed by atoms with Gasteiger partial charge in [-0.2, -0.15) is 0 Å². The predicted molar refractivity (Wildman–Crippen MR) is 156 cm³/mol. The number of pyridine rings is 1. The number of aryl methyl sites for hydroxylation is 1. The Morgan fingerprint density at radius 1 is 1.18 bits per heavy atom. The van der Waals surface area contributed by atoms with Gasteiger partial charge in [-0.1, -0.05) is 6.58 Å². The molecule has 39 heavy (non-hydrogen) atoms. The molecule has 0 radical (unpaired) electrons. The lowest BCUT2D eigenvalue weighted by Crippen LogP contribution is -2.32. The number of nitrogens with zero attached hydrogens (tertiary/aromatic N) is 6. The molecule has 10 heteroatoms. The van der Waals surface area contributed by atoms with E-state index in [4.69, 9.17) is 9.72 Å². The topological polar surface area (TPSA) is 100 Å². The summed E-state index contributed by atoms with van der Waals surface area (Å²) in [6.07, 6.45) is 9.25. The van der Waals surface area contributed by atoms with Crippen LogP contribution >= 0.6 is 0 Å². The van der Waals surface area contributed by atoms with E-state index in [-0.39, 0.29) is 5.91 Å². The Morgan fingerprint density at radius 2 is 2.00 bits per heavy atom. The first-order chi connectivity index (χ1) is 18.9. The molecular weight excluding hydrogens is 492 g/mol. The SMILES string of the molecule is C=CC(=O)Nc1cc(Nc2nccc(-c3cnc4c(ccn4C)c3)n2)c(OC)cc1N(C)CCN1CCCC1. The molecule has 0 aliphatic carbocycles. The van der Waals surface area contributed by atoms with Gasteiger partial charge < -0.3 is 29.7 Å². The summed E-state index contributed by atoms with van der Waals surface area (Å²) in [5, 5.41) is 7.26. The van der Waals surface area contributed by atoms with Crippen molar-refractivity contribution in [3.8, 4) is 17.0 Å². The Kier molecular flexibility index (Phi) is 7.74. The molecule has 1 aliphatic rings. The number of likely N-dealkylation sites (N-methyl/N-ethyl adjacent to an activating group) is 1. The molecule has 5 rings (SSSR count). The van der Waals surface area contributed by atoms with Gasteiger partial charge in [0.2, 0.25) is 11.9 Å². The molecule has 2 N–H and O–H groups in total. The van der Waals surface area contributed by atoms with Gasteiger partial charge in [0.15, 0.2) is 0 Å². The van der Waals surface area contributed by atoms with Gasteiger partial charge in [0.1, 0.15) is 11.4 Å². The van der Waals surface area contributed by atoms with E-state index in [1.807, 2.05) is 55.3 Å². The van der Waals surface area contributed by atoms with E-state index >= 15 is 0 Å². The number of nitrogens with one attached hydrogen (secondary N) is 2. The molecule has 202 valence electrons. The molecule has 4 aromatic rings. The standard InChI is InChI=1S/C29H34N8O2/c1-5-27(38)32-23-17-24(26(39-4)18-25(23)35(2)14-15-37-11-6-7-12-37)34-29-30-10-8-22(33-29)21-16-20-9-13-36(3)28(20)31-19-21/h5,8-10,13,16-19H,1,6-7,11-12,14-15H2,2-4H3,(H,32,38)(H,30,33,34). The molecule has 1 aromatic carbocycles. The molecule has 0 spiro atoms. The second kappa shape index (κ2) is 11.5. The Morgan fingerprint density at radius 3 is 2.77 bits per heavy atom. The second-order valence-electron chi connectivity index (χ2n) is 9.69. The maximum absolute atomic E-state index is 12.3. The van der Waals surface area contributed by atoms with Crippen LogP contribution in [0.5, 0.6) is 5.75 Å². The summed E-state index contributed by atoms with van der Waals surface area (Å²) in [5.41, 5.74) is 4.66. The predicted octanol–water partition coefficient (Wildman–Crippen LogP) is 4.44. The number of carbonyl (C=O) groups excluding carboxylic acids is 1. The number of carbonyl (C=O) groups is 1. The Bertz CT molecular complexity index is 1490. The zero-order chi connectivity index (χ0) is 27.4. The highest BCUT2D eigenvalue weighted by atomic mass is 16.5. The van der Waals surface area contributed by atoms with Crippen molar-refractivity contribution in [1.29, 1.82) is 0 Å². The molecule has 3 aromatic heterocycles. The van der Waals surface area contributed by atoms with Crippen LogP contribution < -0.4 is 20.3 Å². The highest BCUT2D eigenvalue weighted by molar-refractivity contribution is 6.02. The van der Waals surface area contributed by atoms with Gasteiger partial charge in [-0.15, -0.1) is 0 Å². The van der Waals surface area contributed by atoms with E-state index in [1.165, 1.54) is 18.9 Å². The van der Waals surface area contributed by atoms with Crippen molar-refractivity contribution in [2.75, 3.05) is 55.9 Å². The van der Waals surface area contributed by atoms with Crippen molar-refractivity contribution in [3.63, 3.8) is 0 Å². The Labute approximate surface area is 228 Å². The minimum absolute atomic E-state index is 0.289. The molecule has 0 unspecified atom stereocenters. The molecule has 1 fully saturated rings. The fourth-order valence-electron chi connectivity index (χ4n) is 4.85. The van der Waals surface area contributed by atoms with Crippen LogP contribution in [0.3, 0.4) is 0 Å². The average Bonchev–Trinajstić information content (AvgIpc) is 3.61. The summed E-state index contributed by atoms with van der Waals surface area (Å²) >= 11 is 0. The first-order valence-electron chi connectivity index (χ1n) is 13.1. The van der Waals surface area contributed by atoms with Gasteiger partial charge in [-0.05, 0) is 56.3 Å². The first kappa shape index (κ1) is 26.2. The maximum atomic E-state index is 12.3. The van der Waals surface area contributed by atoms with E-state index in [0.29, 0.717) is 23.1 Å². The number of rotatable bonds is 10. The number of aromatic nitrogens is 4. The van der Waals surface area contributed by atoms with Gasteiger partial charge in [-0.25, -0.2) is 15.0 Å². The van der Waals surface area contributed by atoms with Crippen LogP contribution in [0.4, 0.5) is 23.0 Å². The minimum atomic E-state index is -0.289. The summed E-state index contributed by atoms with van der Waals surface area (Å²) in [4.78, 5) is 30.6. The highest BCUT2D eigenvalue weighted by Crippen LogP contribution is 2.38. The quantitative estimate of drug-likeness (QED) is 0.293. The summed E-state index contributed by atoms with van der Waals surface area (Å²) in [7, 11) is 5.61. The molecule has 1 amide bonds. The van der Waals surface area contributed by atoms with Gasteiger partial charge in [0, 0.05) is 62.8 Å². The van der Waals surface area contributed by atoms with Crippen LogP contribution in [0, 0.1) is 0 Å². The number of fused-ring (bicyclic) bond motifs is 1. The Balaban J connectivity index is 1.43. The van der Waals surface area contributed by atoms with Crippen LogP contribution in [0.1, 0.15) is 12.8 Å². The van der Waals surface area contributed by atoms with Gasteiger partial charge >= 0.3 is 0 Å². The lowest BCUT2D eigenvalue weighted by atomic mass is 10.1. The first-order valence-corrected chi connectivity index (χ1v) is 13.1. The number of amides is 1. The van der Waals surface area contributed by atoms with Crippen molar-refractivity contribution >= 4 is 40.0 Å². The van der Waals surface area contributed by atoms with Gasteiger partial charge in [-0.3, -0.25) is 4.79 Å². The lowest BCUT2D eigenvalue weighted by Gasteiger charge is -2.26. The van der Waals surface area contributed by atoms with Crippen LogP contribution in [0.2, 0.25) is 0 Å². The van der Waals surface area contributed by atoms with Crippen LogP contribution in [-0.2, 0) is 11.8 Å². The third-order valence-electron chi connectivity index (χ3n) is 7.03. The normalized spacial score (nSPS) is 13.4. The maximum Gasteiger partial charge on any atom is 0.247 e. The van der Waals surface area contributed by atoms with Crippen molar-refractivity contribution in [3.05, 3.63) is 61.6 Å². The van der Waals surface area contributed by atoms with E-state index in [9.17, 15) is 4.79 Å². The summed E-state index contributed by atoms with van der Waals surface area (Å²) < 4.78 is 7.72. The number of hydrogen-bond donors (Lipinski definition) is 2. The van der Waals surface area contributed by atoms with Crippen molar-refractivity contribution < 1.29 is 9.53 Å². The third-order valence-corrected chi connectivity index (χ3v) is 7.03. The number of anilines is 4. The Hall–Kier alpha value is -4.44. The fraction of sp³-hybridized carbons (Fsp3) is 0.310. The number of hydrogen-bond acceptors (Lipinski definition) is 8. The molecular formula is C29H34N8O2. The highest BCUT2D eigenvalue weighted by Gasteiger charge is 2.18. The zero-order valence-corrected chi connectivity index (χ0v) is 22.6. The number of benzene rings is 1. The van der Waals surface area contributed by atoms with Gasteiger partial charge in [0.05, 0.1) is 29.9 Å². The summed E-state index contributed by atoms with van der Waals surface area (Å²) in [6, 6.07) is 9.70. The number of methoxy groups -OCH3 is 1. The molecule has 0 atom stereocenters. The third kappa shape index (κ3) is 5.85. The van der Waals surface area contributed by atoms with Crippen LogP contribution in [-0.4, -0.2) is 70.7 Å². The van der Waals surface area contributed by atoms with Crippen LogP contribution in [0.25, 0.3) is 22.3 Å². The van der Waals surface area contributed by atoms with Crippen LogP contribution in [0.15, 0.2) is 61.6 Å². The second-order valence-corrected chi connectivity index (χ2v) is 9.69. The van der Waals surface area contributed by atoms with E-state index in [0.717, 1.165) is 54.2 Å². The lowest BCUT2D eigenvalue weighted by molar-refractivity contribution is -0.111. The summed E-state index contributed by atoms with van der Waals surface area (Å²) in [6.45, 7) is 7.64. The smallest absolute Gasteiger partial charge is 0.247 e. The monoisotopic (exact) mass is 526 g/mol. The molecule has 10 nitrogen and oxygen atoms in total. The molecule has 4 heterocycles. The molecule has 1 saturated heterocycles. The zero-order valence-electron chi connectivity index (χ0n) is 22.6. The number of likely N-dealkylation sites (tertiary alicyclic amines) is 1. The van der Waals surface area contributed by atoms with E-state index in [2.05, 4.69) is 43.0 Å². The fourth-order valence-corrected chi connectivity index (χ4v) is 4.85. The van der Waals surface area contributed by atoms with E-state index in [1.54, 1.807) is 13.3 Å². The molecule has 0 bridgehead atoms. The molecule has 1 aliphatic heterocycles. The van der Waals surface area contributed by atoms with Crippen molar-refractivity contribution in [2.45, 2.75) is 12.8 Å². The molecule has 0 saturated carbocycles.